The van der Waals surface area contributed by atoms with Crippen molar-refractivity contribution in [2.45, 2.75) is 24.7 Å². The lowest BCUT2D eigenvalue weighted by molar-refractivity contribution is -0.900. The molecule has 0 spiro atoms. The molecule has 1 N–H and O–H groups in total. The molecular weight excluding hydrogens is 374 g/mol. The van der Waals surface area contributed by atoms with E-state index in [0.717, 1.165) is 13.1 Å². The van der Waals surface area contributed by atoms with Crippen LogP contribution in [0.25, 0.3) is 0 Å². The molecule has 1 amide bonds. The van der Waals surface area contributed by atoms with Crippen LogP contribution in [0.15, 0.2) is 29.2 Å². The number of hydrogen-bond acceptors (Lipinski definition) is 3. The molecule has 144 valence electrons. The van der Waals surface area contributed by atoms with Crippen LogP contribution in [0, 0.1) is 5.92 Å². The largest absolute Gasteiger partial charge is 0.335 e. The molecule has 0 bridgehead atoms. The first-order chi connectivity index (χ1) is 12.4. The van der Waals surface area contributed by atoms with Gasteiger partial charge in [-0.1, -0.05) is 30.7 Å². The van der Waals surface area contributed by atoms with Gasteiger partial charge in [-0.05, 0) is 25.0 Å². The summed E-state index contributed by atoms with van der Waals surface area (Å²) in [6, 6.07) is 6.48. The van der Waals surface area contributed by atoms with Crippen molar-refractivity contribution in [2.75, 3.05) is 45.8 Å². The maximum Gasteiger partial charge on any atom is 0.277 e. The van der Waals surface area contributed by atoms with Gasteiger partial charge in [0.15, 0.2) is 6.54 Å². The average Bonchev–Trinajstić information content (AvgIpc) is 2.62. The minimum Gasteiger partial charge on any atom is -0.335 e. The van der Waals surface area contributed by atoms with Gasteiger partial charge in [-0.3, -0.25) is 4.79 Å². The van der Waals surface area contributed by atoms with Crippen molar-refractivity contribution in [2.24, 2.45) is 5.92 Å². The van der Waals surface area contributed by atoms with E-state index in [1.807, 2.05) is 0 Å². The number of nitrogens with zero attached hydrogens (tertiary/aromatic N) is 2. The number of carbonyl (C=O) groups excluding carboxylic acids is 1. The van der Waals surface area contributed by atoms with Crippen LogP contribution in [-0.2, 0) is 14.8 Å². The first kappa shape index (κ1) is 19.6. The molecule has 2 saturated heterocycles. The minimum atomic E-state index is -3.62. The van der Waals surface area contributed by atoms with Gasteiger partial charge in [-0.2, -0.15) is 4.31 Å². The summed E-state index contributed by atoms with van der Waals surface area (Å²) >= 11 is 6.05. The standard InChI is InChI=1S/C18H26ClN3O3S/c1-15-5-4-8-20(13-15)14-18(23)21-9-11-22(12-10-21)26(24,25)17-7-3-2-6-16(17)19/h2-3,6-7,15H,4-5,8-14H2,1H3/p+1/t15-/m1/s1. The van der Waals surface area contributed by atoms with Gasteiger partial charge >= 0.3 is 0 Å². The van der Waals surface area contributed by atoms with Crippen molar-refractivity contribution in [3.63, 3.8) is 0 Å². The van der Waals surface area contributed by atoms with Crippen LogP contribution in [-0.4, -0.2) is 69.3 Å². The number of rotatable bonds is 4. The molecule has 6 nitrogen and oxygen atoms in total. The number of quaternary nitrogens is 1. The summed E-state index contributed by atoms with van der Waals surface area (Å²) in [5.74, 6) is 0.799. The SMILES string of the molecule is C[C@@H]1CCC[NH+](CC(=O)N2CCN(S(=O)(=O)c3ccccc3Cl)CC2)C1. The van der Waals surface area contributed by atoms with E-state index < -0.39 is 10.0 Å². The van der Waals surface area contributed by atoms with Crippen LogP contribution < -0.4 is 4.90 Å². The van der Waals surface area contributed by atoms with Gasteiger partial charge in [0.25, 0.3) is 5.91 Å². The summed E-state index contributed by atoms with van der Waals surface area (Å²) in [7, 11) is -3.62. The molecule has 2 aliphatic heterocycles. The first-order valence-corrected chi connectivity index (χ1v) is 11.1. The molecule has 1 unspecified atom stereocenters. The van der Waals surface area contributed by atoms with E-state index in [9.17, 15) is 13.2 Å². The van der Waals surface area contributed by atoms with Gasteiger partial charge in [0.1, 0.15) is 4.90 Å². The van der Waals surface area contributed by atoms with E-state index in [-0.39, 0.29) is 15.8 Å². The Morgan fingerprint density at radius 2 is 1.92 bits per heavy atom. The number of likely N-dealkylation sites (tertiary alicyclic amines) is 1. The van der Waals surface area contributed by atoms with Gasteiger partial charge < -0.3 is 9.80 Å². The van der Waals surface area contributed by atoms with Crippen LogP contribution in [0.2, 0.25) is 5.02 Å². The zero-order valence-corrected chi connectivity index (χ0v) is 16.7. The Bertz CT molecular complexity index is 748. The number of carbonyl (C=O) groups is 1. The average molecular weight is 401 g/mol. The van der Waals surface area contributed by atoms with E-state index in [1.165, 1.54) is 28.1 Å². The predicted molar refractivity (Wildman–Crippen MR) is 101 cm³/mol. The number of halogens is 1. The summed E-state index contributed by atoms with van der Waals surface area (Å²) in [6.45, 7) is 6.35. The number of amides is 1. The maximum atomic E-state index is 12.8. The third-order valence-corrected chi connectivity index (χ3v) is 7.71. The highest BCUT2D eigenvalue weighted by Crippen LogP contribution is 2.24. The van der Waals surface area contributed by atoms with E-state index in [0.29, 0.717) is 38.6 Å². The fourth-order valence-electron chi connectivity index (χ4n) is 3.85. The van der Waals surface area contributed by atoms with E-state index in [4.69, 9.17) is 11.6 Å². The minimum absolute atomic E-state index is 0.129. The Morgan fingerprint density at radius 1 is 1.23 bits per heavy atom. The third-order valence-electron chi connectivity index (χ3n) is 5.31. The van der Waals surface area contributed by atoms with Crippen LogP contribution in [0.5, 0.6) is 0 Å². The molecule has 26 heavy (non-hydrogen) atoms. The molecule has 0 aromatic heterocycles. The predicted octanol–water partition coefficient (Wildman–Crippen LogP) is 0.488. The van der Waals surface area contributed by atoms with Crippen molar-refractivity contribution < 1.29 is 18.1 Å². The van der Waals surface area contributed by atoms with Crippen LogP contribution in [0.4, 0.5) is 0 Å². The normalized spacial score (nSPS) is 25.2. The Morgan fingerprint density at radius 3 is 2.58 bits per heavy atom. The second-order valence-electron chi connectivity index (χ2n) is 7.34. The van der Waals surface area contributed by atoms with Crippen molar-refractivity contribution in [3.05, 3.63) is 29.3 Å². The van der Waals surface area contributed by atoms with Gasteiger partial charge in [0, 0.05) is 32.1 Å². The summed E-state index contributed by atoms with van der Waals surface area (Å²) in [4.78, 5) is 15.8. The quantitative estimate of drug-likeness (QED) is 0.800. The number of sulfonamides is 1. The second kappa shape index (κ2) is 8.25. The third kappa shape index (κ3) is 4.39. The number of piperidine rings is 1. The lowest BCUT2D eigenvalue weighted by Gasteiger charge is -2.35. The molecule has 8 heteroatoms. The van der Waals surface area contributed by atoms with Crippen LogP contribution in [0.3, 0.4) is 0 Å². The zero-order chi connectivity index (χ0) is 18.7. The maximum absolute atomic E-state index is 12.8. The molecule has 0 radical (unpaired) electrons. The van der Waals surface area contributed by atoms with Crippen molar-refractivity contribution in [1.29, 1.82) is 0 Å². The molecule has 1 aromatic rings. The molecule has 2 fully saturated rings. The van der Waals surface area contributed by atoms with Crippen molar-refractivity contribution in [1.82, 2.24) is 9.21 Å². The first-order valence-electron chi connectivity index (χ1n) is 9.24. The topological polar surface area (TPSA) is 62.1 Å². The molecule has 1 aromatic carbocycles. The monoisotopic (exact) mass is 400 g/mol. The van der Waals surface area contributed by atoms with Gasteiger partial charge in [-0.15, -0.1) is 0 Å². The Hall–Kier alpha value is -1.15. The van der Waals surface area contributed by atoms with Crippen LogP contribution >= 0.6 is 11.6 Å². The van der Waals surface area contributed by atoms with Gasteiger partial charge in [0.05, 0.1) is 18.1 Å². The molecule has 2 atom stereocenters. The number of piperazine rings is 1. The second-order valence-corrected chi connectivity index (χ2v) is 9.66. The highest BCUT2D eigenvalue weighted by atomic mass is 35.5. The summed E-state index contributed by atoms with van der Waals surface area (Å²) in [5, 5.41) is 0.230. The Labute approximate surface area is 160 Å². The lowest BCUT2D eigenvalue weighted by Crippen LogP contribution is -3.14. The number of benzene rings is 1. The van der Waals surface area contributed by atoms with E-state index >= 15 is 0 Å². The fraction of sp³-hybridized carbons (Fsp3) is 0.611. The fourth-order valence-corrected chi connectivity index (χ4v) is 5.77. The molecule has 0 aliphatic carbocycles. The summed E-state index contributed by atoms with van der Waals surface area (Å²) in [6.07, 6.45) is 2.42. The number of nitrogens with one attached hydrogen (secondary N) is 1. The number of hydrogen-bond donors (Lipinski definition) is 1. The highest BCUT2D eigenvalue weighted by Gasteiger charge is 2.32. The smallest absolute Gasteiger partial charge is 0.277 e. The molecule has 2 aliphatic rings. The van der Waals surface area contributed by atoms with E-state index in [2.05, 4.69) is 6.92 Å². The molecule has 3 rings (SSSR count). The molecular formula is C18H27ClN3O3S+. The van der Waals surface area contributed by atoms with Crippen LogP contribution in [0.1, 0.15) is 19.8 Å². The van der Waals surface area contributed by atoms with Crippen molar-refractivity contribution >= 4 is 27.5 Å². The molecule has 0 saturated carbocycles. The molecule has 2 heterocycles. The summed E-state index contributed by atoms with van der Waals surface area (Å²) < 4.78 is 27.0. The van der Waals surface area contributed by atoms with Gasteiger partial charge in [0.2, 0.25) is 10.0 Å². The Kier molecular flexibility index (Phi) is 6.22. The van der Waals surface area contributed by atoms with E-state index in [1.54, 1.807) is 23.1 Å². The van der Waals surface area contributed by atoms with Gasteiger partial charge in [-0.25, -0.2) is 8.42 Å². The lowest BCUT2D eigenvalue weighted by atomic mass is 10.0. The summed E-state index contributed by atoms with van der Waals surface area (Å²) in [5.41, 5.74) is 0. The Balaban J connectivity index is 1.57. The zero-order valence-electron chi connectivity index (χ0n) is 15.2. The van der Waals surface area contributed by atoms with Crippen molar-refractivity contribution in [3.8, 4) is 0 Å². The highest BCUT2D eigenvalue weighted by molar-refractivity contribution is 7.89.